The minimum atomic E-state index is -0.277. The Morgan fingerprint density at radius 2 is 1.72 bits per heavy atom. The van der Waals surface area contributed by atoms with Gasteiger partial charge in [0.15, 0.2) is 0 Å². The first kappa shape index (κ1) is 16.9. The Balaban J connectivity index is 4.08. The molecule has 2 atom stereocenters. The van der Waals surface area contributed by atoms with Gasteiger partial charge in [0.2, 0.25) is 5.91 Å². The van der Waals surface area contributed by atoms with Crippen LogP contribution in [0.4, 0.5) is 0 Å². The van der Waals surface area contributed by atoms with Gasteiger partial charge in [0, 0.05) is 5.92 Å². The topological polar surface area (TPSA) is 86.0 Å². The molecule has 0 radical (unpaired) electrons. The van der Waals surface area contributed by atoms with E-state index in [1.165, 1.54) is 0 Å². The van der Waals surface area contributed by atoms with Crippen molar-refractivity contribution >= 4 is 11.9 Å². The van der Waals surface area contributed by atoms with Gasteiger partial charge in [0.05, 0.1) is 13.0 Å². The Hall–Kier alpha value is -1.10. The minimum absolute atomic E-state index is 0.116. The summed E-state index contributed by atoms with van der Waals surface area (Å²) in [7, 11) is 1.93. The molecule has 5 heteroatoms. The summed E-state index contributed by atoms with van der Waals surface area (Å²) >= 11 is 0. The van der Waals surface area contributed by atoms with Crippen LogP contribution in [-0.4, -0.2) is 32.1 Å². The Morgan fingerprint density at radius 3 is 2.17 bits per heavy atom. The highest BCUT2D eigenvalue weighted by Gasteiger charge is 2.21. The lowest BCUT2D eigenvalue weighted by molar-refractivity contribution is -0.628. The molecule has 0 aromatic heterocycles. The zero-order valence-electron chi connectivity index (χ0n) is 11.8. The van der Waals surface area contributed by atoms with Gasteiger partial charge >= 0.3 is 5.97 Å². The molecule has 0 aliphatic heterocycles. The van der Waals surface area contributed by atoms with Gasteiger partial charge in [-0.3, -0.25) is 9.59 Å². The van der Waals surface area contributed by atoms with E-state index in [2.05, 4.69) is 0 Å². The lowest BCUT2D eigenvalue weighted by Crippen LogP contribution is -2.80. The average Bonchev–Trinajstić information content (AvgIpc) is 2.34. The van der Waals surface area contributed by atoms with Crippen LogP contribution in [0.25, 0.3) is 0 Å². The van der Waals surface area contributed by atoms with E-state index in [1.54, 1.807) is 0 Å². The van der Waals surface area contributed by atoms with Gasteiger partial charge < -0.3 is 15.8 Å². The third-order valence-corrected chi connectivity index (χ3v) is 3.24. The number of quaternary nitrogens is 1. The molecular formula is C13H27N2O3+. The fourth-order valence-corrected chi connectivity index (χ4v) is 1.83. The molecule has 0 fully saturated rings. The van der Waals surface area contributed by atoms with Gasteiger partial charge in [-0.1, -0.05) is 13.8 Å². The third kappa shape index (κ3) is 6.59. The molecule has 4 N–H and O–H groups in total. The van der Waals surface area contributed by atoms with E-state index in [-0.39, 0.29) is 23.7 Å². The van der Waals surface area contributed by atoms with Gasteiger partial charge in [-0.05, 0) is 25.7 Å². The van der Waals surface area contributed by atoms with Crippen LogP contribution in [0.1, 0.15) is 39.5 Å². The molecule has 0 aliphatic rings. The first-order valence-corrected chi connectivity index (χ1v) is 6.80. The second kappa shape index (κ2) is 9.88. The number of rotatable bonds is 10. The zero-order valence-corrected chi connectivity index (χ0v) is 11.8. The summed E-state index contributed by atoms with van der Waals surface area (Å²) in [6.07, 6.45) is 2.81. The van der Waals surface area contributed by atoms with E-state index in [0.717, 1.165) is 19.4 Å². The minimum Gasteiger partial charge on any atom is -0.459 e. The van der Waals surface area contributed by atoms with Gasteiger partial charge in [-0.2, -0.15) is 0 Å². The summed E-state index contributed by atoms with van der Waals surface area (Å²) < 4.78 is 5.18. The molecule has 0 aromatic rings. The number of esters is 1. The van der Waals surface area contributed by atoms with E-state index in [4.69, 9.17) is 10.5 Å². The molecular weight excluding hydrogens is 232 g/mol. The van der Waals surface area contributed by atoms with Crippen LogP contribution in [-0.2, 0) is 14.3 Å². The predicted molar refractivity (Wildman–Crippen MR) is 69.7 cm³/mol. The van der Waals surface area contributed by atoms with Crippen molar-refractivity contribution in [3.8, 4) is 0 Å². The van der Waals surface area contributed by atoms with E-state index in [9.17, 15) is 9.59 Å². The Bertz CT molecular complexity index is 257. The lowest BCUT2D eigenvalue weighted by atomic mass is 9.92. The molecule has 106 valence electrons. The predicted octanol–water partition coefficient (Wildman–Crippen LogP) is 0.0407. The van der Waals surface area contributed by atoms with Crippen LogP contribution < -0.4 is 11.1 Å². The summed E-state index contributed by atoms with van der Waals surface area (Å²) in [4.78, 5) is 22.9. The third-order valence-electron chi connectivity index (χ3n) is 3.24. The van der Waals surface area contributed by atoms with Crippen molar-refractivity contribution in [1.29, 1.82) is 0 Å². The van der Waals surface area contributed by atoms with E-state index >= 15 is 0 Å². The van der Waals surface area contributed by atoms with Crippen LogP contribution in [0.5, 0.6) is 0 Å². The smallest absolute Gasteiger partial charge is 0.309 e. The number of carbonyl (C=O) groups is 2. The fraction of sp³-hybridized carbons (Fsp3) is 0.846. The van der Waals surface area contributed by atoms with Crippen molar-refractivity contribution in [3.63, 3.8) is 0 Å². The van der Waals surface area contributed by atoms with Gasteiger partial charge in [0.25, 0.3) is 0 Å². The quantitative estimate of drug-likeness (QED) is 0.429. The zero-order chi connectivity index (χ0) is 14.0. The number of hydrogen-bond donors (Lipinski definition) is 2. The number of amides is 1. The molecule has 0 aromatic carbocycles. The maximum absolute atomic E-state index is 11.8. The highest BCUT2D eigenvalue weighted by Crippen LogP contribution is 2.19. The molecule has 2 unspecified atom stereocenters. The van der Waals surface area contributed by atoms with Crippen LogP contribution in [0, 0.1) is 11.8 Å². The summed E-state index contributed by atoms with van der Waals surface area (Å²) in [5.74, 6) is -0.675. The molecule has 0 spiro atoms. The molecule has 0 aliphatic carbocycles. The van der Waals surface area contributed by atoms with Crippen LogP contribution in [0.3, 0.4) is 0 Å². The number of ether oxygens (including phenoxy) is 1. The number of hydrogen-bond acceptors (Lipinski definition) is 3. The van der Waals surface area contributed by atoms with E-state index in [0.29, 0.717) is 19.4 Å². The highest BCUT2D eigenvalue weighted by molar-refractivity contribution is 5.76. The van der Waals surface area contributed by atoms with Crippen molar-refractivity contribution in [2.24, 2.45) is 17.6 Å². The highest BCUT2D eigenvalue weighted by atomic mass is 16.5. The Labute approximate surface area is 109 Å². The van der Waals surface area contributed by atoms with Crippen molar-refractivity contribution < 1.29 is 19.6 Å². The number of nitrogens with two attached hydrogens (primary N) is 2. The monoisotopic (exact) mass is 259 g/mol. The maximum atomic E-state index is 11.8. The number of likely N-dealkylation sites (N-methyl/N-ethyl adjacent to an activating group) is 1. The molecule has 5 nitrogen and oxygen atoms in total. The summed E-state index contributed by atoms with van der Waals surface area (Å²) in [5.41, 5.74) is 5.29. The van der Waals surface area contributed by atoms with E-state index in [1.807, 2.05) is 26.2 Å². The Morgan fingerprint density at radius 1 is 1.17 bits per heavy atom. The summed E-state index contributed by atoms with van der Waals surface area (Å²) in [6, 6.07) is 0. The molecule has 18 heavy (non-hydrogen) atoms. The lowest BCUT2D eigenvalue weighted by Gasteiger charge is -2.16. The van der Waals surface area contributed by atoms with Crippen LogP contribution in [0.15, 0.2) is 0 Å². The number of primary amides is 1. The average molecular weight is 259 g/mol. The normalized spacial score (nSPS) is 13.9. The standard InChI is InChI=1S/C13H26N2O3/c1-4-10(12(14)16)6-7-11(5-2)13(17)18-9-8-15-3/h10-11,15H,4-9H2,1-3H3,(H2,14,16)/p+1. The van der Waals surface area contributed by atoms with Gasteiger partial charge in [-0.25, -0.2) is 0 Å². The summed E-state index contributed by atoms with van der Waals surface area (Å²) in [6.45, 7) is 5.12. The molecule has 1 amide bonds. The SMILES string of the molecule is CCC(CCC(CC)C(=O)OCC[NH2+]C)C(N)=O. The first-order chi connectivity index (χ1) is 8.56. The maximum Gasteiger partial charge on any atom is 0.309 e. The van der Waals surface area contributed by atoms with Crippen LogP contribution >= 0.6 is 0 Å². The van der Waals surface area contributed by atoms with Crippen molar-refractivity contribution in [2.75, 3.05) is 20.2 Å². The van der Waals surface area contributed by atoms with Gasteiger partial charge in [0.1, 0.15) is 13.2 Å². The molecule has 0 heterocycles. The summed E-state index contributed by atoms with van der Waals surface area (Å²) in [5, 5.41) is 1.97. The second-order valence-corrected chi connectivity index (χ2v) is 4.55. The number of carbonyl (C=O) groups excluding carboxylic acids is 2. The van der Waals surface area contributed by atoms with Crippen molar-refractivity contribution in [1.82, 2.24) is 0 Å². The van der Waals surface area contributed by atoms with E-state index < -0.39 is 0 Å². The molecule has 0 rings (SSSR count). The largest absolute Gasteiger partial charge is 0.459 e. The Kier molecular flexibility index (Phi) is 9.28. The second-order valence-electron chi connectivity index (χ2n) is 4.55. The van der Waals surface area contributed by atoms with Gasteiger partial charge in [-0.15, -0.1) is 0 Å². The fourth-order valence-electron chi connectivity index (χ4n) is 1.83. The molecule has 0 saturated carbocycles. The molecule has 0 bridgehead atoms. The first-order valence-electron chi connectivity index (χ1n) is 6.80. The van der Waals surface area contributed by atoms with Crippen molar-refractivity contribution in [2.45, 2.75) is 39.5 Å². The van der Waals surface area contributed by atoms with Crippen LogP contribution in [0.2, 0.25) is 0 Å². The molecule has 0 saturated heterocycles. The van der Waals surface area contributed by atoms with Crippen molar-refractivity contribution in [3.05, 3.63) is 0 Å².